The molecule has 2 fully saturated rings. The lowest BCUT2D eigenvalue weighted by atomic mass is 10.0. The number of benzene rings is 1. The summed E-state index contributed by atoms with van der Waals surface area (Å²) in [5.74, 6) is 0.895. The lowest BCUT2D eigenvalue weighted by molar-refractivity contribution is 0.0699. The first kappa shape index (κ1) is 17.3. The monoisotopic (exact) mass is 399 g/mol. The summed E-state index contributed by atoms with van der Waals surface area (Å²) in [6.07, 6.45) is 1.28. The Morgan fingerprint density at radius 1 is 1.29 bits per heavy atom. The Hall–Kier alpha value is -2.77. The fourth-order valence-electron chi connectivity index (χ4n) is 4.18. The topological polar surface area (TPSA) is 98.7 Å². The van der Waals surface area contributed by atoms with Crippen LogP contribution >= 0.6 is 11.6 Å². The maximum atomic E-state index is 11.5. The van der Waals surface area contributed by atoms with Gasteiger partial charge in [-0.05, 0) is 24.3 Å². The van der Waals surface area contributed by atoms with E-state index in [1.54, 1.807) is 19.2 Å². The number of carboxylic acids is 1. The third-order valence-corrected chi connectivity index (χ3v) is 6.11. The van der Waals surface area contributed by atoms with Crippen molar-refractivity contribution in [1.82, 2.24) is 9.97 Å². The van der Waals surface area contributed by atoms with Crippen LogP contribution in [0.1, 0.15) is 10.4 Å². The molecule has 2 aliphatic rings. The number of carbonyl (C=O) groups is 1. The molecule has 1 saturated heterocycles. The summed E-state index contributed by atoms with van der Waals surface area (Å²) in [6.45, 7) is 1.58. The van der Waals surface area contributed by atoms with Gasteiger partial charge in [0, 0.05) is 53.2 Å². The maximum Gasteiger partial charge on any atom is 0.337 e. The molecular formula is C20H18ClN3O4. The Morgan fingerprint density at radius 3 is 2.71 bits per heavy atom. The largest absolute Gasteiger partial charge is 0.480 e. The number of ether oxygens (including phenoxy) is 1. The van der Waals surface area contributed by atoms with Crippen LogP contribution in [0, 0.1) is 11.8 Å². The molecule has 3 heterocycles. The van der Waals surface area contributed by atoms with E-state index in [9.17, 15) is 15.0 Å². The first-order chi connectivity index (χ1) is 13.5. The van der Waals surface area contributed by atoms with Crippen LogP contribution < -0.4 is 9.64 Å². The van der Waals surface area contributed by atoms with Gasteiger partial charge in [-0.3, -0.25) is 0 Å². The van der Waals surface area contributed by atoms with Crippen LogP contribution in [0.5, 0.6) is 5.88 Å². The highest BCUT2D eigenvalue weighted by Gasteiger charge is 2.55. The number of aliphatic hydroxyl groups excluding tert-OH is 1. The second-order valence-corrected chi connectivity index (χ2v) is 7.74. The predicted molar refractivity (Wildman–Crippen MR) is 105 cm³/mol. The Kier molecular flexibility index (Phi) is 3.79. The molecule has 0 radical (unpaired) electrons. The number of aromatic carboxylic acids is 1. The van der Waals surface area contributed by atoms with E-state index in [-0.39, 0.29) is 11.7 Å². The van der Waals surface area contributed by atoms with Crippen molar-refractivity contribution in [3.8, 4) is 17.0 Å². The van der Waals surface area contributed by atoms with Crippen molar-refractivity contribution >= 4 is 34.3 Å². The second kappa shape index (κ2) is 6.12. The number of pyridine rings is 1. The van der Waals surface area contributed by atoms with Gasteiger partial charge in [0.05, 0.1) is 23.8 Å². The molecule has 1 unspecified atom stereocenters. The highest BCUT2D eigenvalue weighted by atomic mass is 35.5. The normalized spacial score (nSPS) is 23.1. The van der Waals surface area contributed by atoms with Gasteiger partial charge in [-0.25, -0.2) is 4.79 Å². The minimum absolute atomic E-state index is 0.173. The molecule has 1 aromatic carbocycles. The first-order valence-electron chi connectivity index (χ1n) is 9.00. The van der Waals surface area contributed by atoms with E-state index >= 15 is 0 Å². The number of H-pyrrole nitrogens is 1. The van der Waals surface area contributed by atoms with Crippen LogP contribution in [0.3, 0.4) is 0 Å². The smallest absolute Gasteiger partial charge is 0.337 e. The number of nitrogens with zero attached hydrogens (tertiary/aromatic N) is 2. The fraction of sp³-hybridized carbons (Fsp3) is 0.300. The Labute approximate surface area is 165 Å². The molecule has 28 heavy (non-hydrogen) atoms. The number of aromatic nitrogens is 2. The van der Waals surface area contributed by atoms with Crippen LogP contribution in [0.15, 0.2) is 30.5 Å². The molecule has 0 spiro atoms. The summed E-state index contributed by atoms with van der Waals surface area (Å²) < 4.78 is 5.52. The summed E-state index contributed by atoms with van der Waals surface area (Å²) in [6, 6.07) is 7.26. The molecule has 8 heteroatoms. The number of carboxylic acid groups (broad SMARTS) is 1. The Balaban J connectivity index is 1.56. The summed E-state index contributed by atoms with van der Waals surface area (Å²) in [5, 5.41) is 20.2. The molecule has 3 aromatic rings. The van der Waals surface area contributed by atoms with E-state index in [2.05, 4.69) is 14.9 Å². The molecule has 0 amide bonds. The van der Waals surface area contributed by atoms with Gasteiger partial charge in [0.1, 0.15) is 5.82 Å². The number of hydrogen-bond donors (Lipinski definition) is 3. The lowest BCUT2D eigenvalue weighted by Crippen LogP contribution is -2.26. The van der Waals surface area contributed by atoms with Crippen LogP contribution in [-0.2, 0) is 0 Å². The van der Waals surface area contributed by atoms with Crippen molar-refractivity contribution in [2.45, 2.75) is 6.10 Å². The van der Waals surface area contributed by atoms with Gasteiger partial charge in [-0.15, -0.1) is 0 Å². The second-order valence-electron chi connectivity index (χ2n) is 7.33. The number of halogens is 1. The van der Waals surface area contributed by atoms with Gasteiger partial charge < -0.3 is 24.8 Å². The van der Waals surface area contributed by atoms with Gasteiger partial charge in [0.25, 0.3) is 0 Å². The van der Waals surface area contributed by atoms with Gasteiger partial charge in [-0.1, -0.05) is 11.6 Å². The van der Waals surface area contributed by atoms with E-state index in [1.807, 2.05) is 12.1 Å². The number of rotatable bonds is 4. The number of piperidine rings is 1. The van der Waals surface area contributed by atoms with E-state index in [1.165, 1.54) is 6.20 Å². The van der Waals surface area contributed by atoms with Gasteiger partial charge in [-0.2, -0.15) is 4.98 Å². The average Bonchev–Trinajstić information content (AvgIpc) is 3.08. The lowest BCUT2D eigenvalue weighted by Gasteiger charge is -2.21. The summed E-state index contributed by atoms with van der Waals surface area (Å²) in [7, 11) is 1.55. The minimum Gasteiger partial charge on any atom is -0.480 e. The summed E-state index contributed by atoms with van der Waals surface area (Å²) in [5.41, 5.74) is 2.20. The zero-order valence-electron chi connectivity index (χ0n) is 15.0. The van der Waals surface area contributed by atoms with Crippen LogP contribution in [0.2, 0.25) is 5.02 Å². The molecule has 7 nitrogen and oxygen atoms in total. The average molecular weight is 400 g/mol. The van der Waals surface area contributed by atoms with E-state index in [4.69, 9.17) is 16.3 Å². The number of hydrogen-bond acceptors (Lipinski definition) is 5. The number of aliphatic hydroxyl groups is 1. The minimum atomic E-state index is -1.00. The number of aromatic amines is 1. The SMILES string of the molecule is COc1nc(N2C[C@@H]3C(O)[C@@H]3C2)ccc1-c1cc2c(C(=O)O)c[nH]c2cc1Cl. The van der Waals surface area contributed by atoms with Gasteiger partial charge in [0.15, 0.2) is 0 Å². The van der Waals surface area contributed by atoms with Crippen molar-refractivity contribution in [2.75, 3.05) is 25.1 Å². The van der Waals surface area contributed by atoms with E-state index < -0.39 is 5.97 Å². The van der Waals surface area contributed by atoms with Crippen molar-refractivity contribution in [3.63, 3.8) is 0 Å². The highest BCUT2D eigenvalue weighted by Crippen LogP contribution is 2.47. The fourth-order valence-corrected chi connectivity index (χ4v) is 4.44. The third-order valence-electron chi connectivity index (χ3n) is 5.80. The van der Waals surface area contributed by atoms with Crippen molar-refractivity contribution in [3.05, 3.63) is 41.0 Å². The number of anilines is 1. The summed E-state index contributed by atoms with van der Waals surface area (Å²) in [4.78, 5) is 21.2. The predicted octanol–water partition coefficient (Wildman–Crippen LogP) is 3.02. The van der Waals surface area contributed by atoms with E-state index in [0.717, 1.165) is 18.9 Å². The first-order valence-corrected chi connectivity index (χ1v) is 9.38. The molecule has 5 rings (SSSR count). The number of fused-ring (bicyclic) bond motifs is 2. The van der Waals surface area contributed by atoms with Gasteiger partial charge >= 0.3 is 5.97 Å². The Bertz CT molecular complexity index is 1100. The van der Waals surface area contributed by atoms with E-state index in [0.29, 0.717) is 44.8 Å². The molecule has 2 aromatic heterocycles. The van der Waals surface area contributed by atoms with Crippen molar-refractivity contribution < 1.29 is 19.7 Å². The highest BCUT2D eigenvalue weighted by molar-refractivity contribution is 6.34. The molecule has 3 N–H and O–H groups in total. The Morgan fingerprint density at radius 2 is 2.04 bits per heavy atom. The molecule has 144 valence electrons. The molecule has 1 aliphatic carbocycles. The quantitative estimate of drug-likeness (QED) is 0.623. The van der Waals surface area contributed by atoms with Crippen LogP contribution in [-0.4, -0.2) is 52.5 Å². The van der Waals surface area contributed by atoms with Crippen LogP contribution in [0.4, 0.5) is 5.82 Å². The molecular weight excluding hydrogens is 382 g/mol. The number of nitrogens with one attached hydrogen (secondary N) is 1. The van der Waals surface area contributed by atoms with Crippen molar-refractivity contribution in [2.24, 2.45) is 11.8 Å². The number of methoxy groups -OCH3 is 1. The molecule has 3 atom stereocenters. The third kappa shape index (κ3) is 2.54. The van der Waals surface area contributed by atoms with Crippen LogP contribution in [0.25, 0.3) is 22.0 Å². The van der Waals surface area contributed by atoms with Crippen molar-refractivity contribution in [1.29, 1.82) is 0 Å². The molecule has 0 bridgehead atoms. The molecule has 1 aliphatic heterocycles. The maximum absolute atomic E-state index is 11.5. The standard InChI is InChI=1S/C20H18ClN3O4/c1-28-19-9(2-3-17(23-19)24-7-13-14(8-24)18(13)25)10-4-11-12(20(26)27)6-22-16(11)5-15(10)21/h2-6,13-14,18,22,25H,7-8H2,1H3,(H,26,27)/t13-,14+,18?. The zero-order valence-corrected chi connectivity index (χ0v) is 15.8. The summed E-state index contributed by atoms with van der Waals surface area (Å²) >= 11 is 6.47. The molecule has 1 saturated carbocycles. The van der Waals surface area contributed by atoms with Gasteiger partial charge in [0.2, 0.25) is 5.88 Å². The zero-order chi connectivity index (χ0) is 19.6.